The lowest BCUT2D eigenvalue weighted by molar-refractivity contribution is -0.133. The maximum absolute atomic E-state index is 12.4. The summed E-state index contributed by atoms with van der Waals surface area (Å²) < 4.78 is 0. The number of nitrogens with one attached hydrogen (secondary N) is 1. The SMILES string of the molecule is Cc1sc2nc(SCC(=O)O)[nH]c(=O)c2c1-c1ccccc1. The lowest BCUT2D eigenvalue weighted by Gasteiger charge is -2.02. The molecule has 22 heavy (non-hydrogen) atoms. The van der Waals surface area contributed by atoms with Gasteiger partial charge in [0, 0.05) is 10.4 Å². The second-order valence-corrected chi connectivity index (χ2v) is 6.80. The van der Waals surface area contributed by atoms with Crippen molar-refractivity contribution in [1.29, 1.82) is 0 Å². The van der Waals surface area contributed by atoms with Crippen LogP contribution in [0.25, 0.3) is 21.3 Å². The molecule has 112 valence electrons. The quantitative estimate of drug-likeness (QED) is 0.566. The average Bonchev–Trinajstić information content (AvgIpc) is 2.82. The first-order valence-corrected chi connectivity index (χ1v) is 8.30. The van der Waals surface area contributed by atoms with Crippen molar-refractivity contribution in [2.75, 3.05) is 5.75 Å². The molecule has 2 heterocycles. The molecule has 0 aliphatic rings. The zero-order valence-electron chi connectivity index (χ0n) is 11.6. The minimum absolute atomic E-state index is 0.135. The van der Waals surface area contributed by atoms with Gasteiger partial charge in [0.2, 0.25) is 0 Å². The maximum Gasteiger partial charge on any atom is 0.313 e. The van der Waals surface area contributed by atoms with Gasteiger partial charge in [0.1, 0.15) is 4.83 Å². The van der Waals surface area contributed by atoms with Crippen LogP contribution < -0.4 is 5.56 Å². The average molecular weight is 332 g/mol. The van der Waals surface area contributed by atoms with E-state index in [1.54, 1.807) is 0 Å². The zero-order valence-corrected chi connectivity index (χ0v) is 13.3. The van der Waals surface area contributed by atoms with Crippen molar-refractivity contribution < 1.29 is 9.90 Å². The summed E-state index contributed by atoms with van der Waals surface area (Å²) in [5.41, 5.74) is 1.63. The van der Waals surface area contributed by atoms with Crippen LogP contribution in [0.15, 0.2) is 40.3 Å². The van der Waals surface area contributed by atoms with Crippen molar-refractivity contribution in [3.05, 3.63) is 45.6 Å². The van der Waals surface area contributed by atoms with E-state index in [2.05, 4.69) is 9.97 Å². The van der Waals surface area contributed by atoms with E-state index < -0.39 is 5.97 Å². The number of thioether (sulfide) groups is 1. The Bertz CT molecular complexity index is 900. The number of fused-ring (bicyclic) bond motifs is 1. The second-order valence-electron chi connectivity index (χ2n) is 4.63. The highest BCUT2D eigenvalue weighted by molar-refractivity contribution is 7.99. The number of aromatic nitrogens is 2. The standard InChI is InChI=1S/C15H12N2O3S2/c1-8-11(9-5-3-2-4-6-9)12-13(20)16-15(17-14(12)22-8)21-7-10(18)19/h2-6H,7H2,1H3,(H,18,19)(H,16,17,20). The highest BCUT2D eigenvalue weighted by Gasteiger charge is 2.16. The van der Waals surface area contributed by atoms with Crippen LogP contribution in [-0.2, 0) is 4.79 Å². The summed E-state index contributed by atoms with van der Waals surface area (Å²) >= 11 is 2.45. The van der Waals surface area contributed by atoms with Crippen LogP contribution in [0, 0.1) is 6.92 Å². The summed E-state index contributed by atoms with van der Waals surface area (Å²) in [6, 6.07) is 9.70. The first-order chi connectivity index (χ1) is 10.6. The van der Waals surface area contributed by atoms with Gasteiger partial charge in [0.25, 0.3) is 5.56 Å². The van der Waals surface area contributed by atoms with Crippen molar-refractivity contribution in [1.82, 2.24) is 9.97 Å². The van der Waals surface area contributed by atoms with Gasteiger partial charge in [-0.25, -0.2) is 4.98 Å². The summed E-state index contributed by atoms with van der Waals surface area (Å²) in [7, 11) is 0. The number of hydrogen-bond acceptors (Lipinski definition) is 5. The van der Waals surface area contributed by atoms with Gasteiger partial charge in [-0.2, -0.15) is 0 Å². The molecule has 0 atom stereocenters. The number of hydrogen-bond donors (Lipinski definition) is 2. The van der Waals surface area contributed by atoms with Crippen LogP contribution in [0.3, 0.4) is 0 Å². The third kappa shape index (κ3) is 2.77. The summed E-state index contributed by atoms with van der Waals surface area (Å²) in [5, 5.41) is 9.61. The van der Waals surface area contributed by atoms with Crippen LogP contribution in [0.4, 0.5) is 0 Å². The van der Waals surface area contributed by atoms with E-state index in [1.807, 2.05) is 37.3 Å². The molecule has 0 saturated carbocycles. The predicted molar refractivity (Wildman–Crippen MR) is 88.8 cm³/mol. The number of thiophene rings is 1. The number of benzene rings is 1. The molecule has 0 unspecified atom stereocenters. The molecule has 0 aliphatic carbocycles. The smallest absolute Gasteiger partial charge is 0.313 e. The predicted octanol–water partition coefficient (Wildman–Crippen LogP) is 3.14. The molecule has 2 N–H and O–H groups in total. The number of carbonyl (C=O) groups is 1. The van der Waals surface area contributed by atoms with Gasteiger partial charge in [-0.3, -0.25) is 9.59 Å². The van der Waals surface area contributed by atoms with Crippen molar-refractivity contribution in [2.24, 2.45) is 0 Å². The molecule has 5 nitrogen and oxygen atoms in total. The Balaban J connectivity index is 2.15. The maximum atomic E-state index is 12.4. The molecule has 7 heteroatoms. The Morgan fingerprint density at radius 3 is 2.77 bits per heavy atom. The first kappa shape index (κ1) is 14.8. The van der Waals surface area contributed by atoms with Gasteiger partial charge in [0.05, 0.1) is 11.1 Å². The number of aliphatic carboxylic acids is 1. The molecule has 1 aromatic carbocycles. The minimum atomic E-state index is -0.944. The third-order valence-electron chi connectivity index (χ3n) is 3.11. The van der Waals surface area contributed by atoms with Crippen molar-refractivity contribution in [3.63, 3.8) is 0 Å². The Hall–Kier alpha value is -2.12. The van der Waals surface area contributed by atoms with Gasteiger partial charge in [0.15, 0.2) is 5.16 Å². The summed E-state index contributed by atoms with van der Waals surface area (Å²) in [6.07, 6.45) is 0. The molecule has 0 spiro atoms. The van der Waals surface area contributed by atoms with Crippen LogP contribution in [-0.4, -0.2) is 26.8 Å². The van der Waals surface area contributed by atoms with E-state index in [0.717, 1.165) is 27.8 Å². The number of H-pyrrole nitrogens is 1. The lowest BCUT2D eigenvalue weighted by Crippen LogP contribution is -2.09. The van der Waals surface area contributed by atoms with Crippen LogP contribution >= 0.6 is 23.1 Å². The molecule has 0 amide bonds. The Morgan fingerprint density at radius 2 is 2.09 bits per heavy atom. The number of rotatable bonds is 4. The number of carboxylic acid groups (broad SMARTS) is 1. The van der Waals surface area contributed by atoms with E-state index in [0.29, 0.717) is 15.4 Å². The van der Waals surface area contributed by atoms with E-state index in [1.165, 1.54) is 11.3 Å². The Labute approximate surface area is 134 Å². The van der Waals surface area contributed by atoms with Gasteiger partial charge >= 0.3 is 5.97 Å². The Kier molecular flexibility index (Phi) is 4.00. The zero-order chi connectivity index (χ0) is 15.7. The molecule has 3 rings (SSSR count). The van der Waals surface area contributed by atoms with Gasteiger partial charge < -0.3 is 10.1 Å². The topological polar surface area (TPSA) is 83.0 Å². The van der Waals surface area contributed by atoms with E-state index in [-0.39, 0.29) is 11.3 Å². The van der Waals surface area contributed by atoms with Crippen molar-refractivity contribution >= 4 is 39.3 Å². The highest BCUT2D eigenvalue weighted by Crippen LogP contribution is 2.35. The fourth-order valence-corrected chi connectivity index (χ4v) is 3.93. The fourth-order valence-electron chi connectivity index (χ4n) is 2.25. The van der Waals surface area contributed by atoms with E-state index in [9.17, 15) is 9.59 Å². The van der Waals surface area contributed by atoms with E-state index in [4.69, 9.17) is 5.11 Å². The highest BCUT2D eigenvalue weighted by atomic mass is 32.2. The second kappa shape index (κ2) is 5.94. The van der Waals surface area contributed by atoms with Crippen LogP contribution in [0.1, 0.15) is 4.88 Å². The summed E-state index contributed by atoms with van der Waals surface area (Å²) in [4.78, 5) is 31.7. The molecule has 0 bridgehead atoms. The monoisotopic (exact) mass is 332 g/mol. The molecule has 3 aromatic rings. The molecule has 0 radical (unpaired) electrons. The molecular weight excluding hydrogens is 320 g/mol. The molecule has 2 aromatic heterocycles. The normalized spacial score (nSPS) is 11.0. The Morgan fingerprint density at radius 1 is 1.36 bits per heavy atom. The number of nitrogens with zero attached hydrogens (tertiary/aromatic N) is 1. The van der Waals surface area contributed by atoms with Crippen molar-refractivity contribution in [2.45, 2.75) is 12.1 Å². The molecule has 0 saturated heterocycles. The minimum Gasteiger partial charge on any atom is -0.481 e. The first-order valence-electron chi connectivity index (χ1n) is 6.49. The number of aryl methyl sites for hydroxylation is 1. The summed E-state index contributed by atoms with van der Waals surface area (Å²) in [6.45, 7) is 1.96. The largest absolute Gasteiger partial charge is 0.481 e. The lowest BCUT2D eigenvalue weighted by atomic mass is 10.0. The van der Waals surface area contributed by atoms with E-state index >= 15 is 0 Å². The van der Waals surface area contributed by atoms with Crippen LogP contribution in [0.5, 0.6) is 0 Å². The molecular formula is C15H12N2O3S2. The number of aromatic amines is 1. The summed E-state index contributed by atoms with van der Waals surface area (Å²) in [5.74, 6) is -1.08. The molecule has 0 fully saturated rings. The third-order valence-corrected chi connectivity index (χ3v) is 4.97. The molecule has 0 aliphatic heterocycles. The van der Waals surface area contributed by atoms with Gasteiger partial charge in [-0.1, -0.05) is 42.1 Å². The van der Waals surface area contributed by atoms with Gasteiger partial charge in [-0.05, 0) is 12.5 Å². The van der Waals surface area contributed by atoms with Crippen LogP contribution in [0.2, 0.25) is 0 Å². The fraction of sp³-hybridized carbons (Fsp3) is 0.133. The van der Waals surface area contributed by atoms with Crippen molar-refractivity contribution in [3.8, 4) is 11.1 Å². The number of carboxylic acids is 1. The van der Waals surface area contributed by atoms with Gasteiger partial charge in [-0.15, -0.1) is 11.3 Å².